The first-order valence-electron chi connectivity index (χ1n) is 10.8. The maximum atomic E-state index is 14.9. The lowest BCUT2D eigenvalue weighted by Crippen LogP contribution is -2.23. The molecule has 0 aliphatic heterocycles. The van der Waals surface area contributed by atoms with Crippen molar-refractivity contribution in [1.82, 2.24) is 0 Å². The molecule has 4 nitrogen and oxygen atoms in total. The van der Waals surface area contributed by atoms with E-state index in [0.29, 0.717) is 10.8 Å². The highest BCUT2D eigenvalue weighted by atomic mass is 19.2. The van der Waals surface area contributed by atoms with Gasteiger partial charge in [0, 0.05) is 22.1 Å². The van der Waals surface area contributed by atoms with Gasteiger partial charge < -0.3 is 10.6 Å². The second kappa shape index (κ2) is 9.14. The van der Waals surface area contributed by atoms with Crippen molar-refractivity contribution in [3.63, 3.8) is 0 Å². The number of halogens is 4. The Bertz CT molecular complexity index is 1520. The van der Waals surface area contributed by atoms with E-state index in [1.807, 2.05) is 0 Å². The van der Waals surface area contributed by atoms with Gasteiger partial charge in [0.15, 0.2) is 23.3 Å². The van der Waals surface area contributed by atoms with Crippen molar-refractivity contribution >= 4 is 44.7 Å². The zero-order chi connectivity index (χ0) is 25.4. The van der Waals surface area contributed by atoms with Gasteiger partial charge in [-0.2, -0.15) is 0 Å². The van der Waals surface area contributed by atoms with Gasteiger partial charge in [0.1, 0.15) is 11.1 Å². The van der Waals surface area contributed by atoms with Crippen molar-refractivity contribution in [2.45, 2.75) is 0 Å². The fraction of sp³-hybridized carbons (Fsp3) is 0. The lowest BCUT2D eigenvalue weighted by Gasteiger charge is -2.14. The first-order chi connectivity index (χ1) is 17.4. The third-order valence-corrected chi connectivity index (χ3v) is 5.79. The van der Waals surface area contributed by atoms with Crippen molar-refractivity contribution in [3.8, 4) is 0 Å². The normalized spacial score (nSPS) is 11.0. The molecule has 178 valence electrons. The van der Waals surface area contributed by atoms with Crippen molar-refractivity contribution in [3.05, 3.63) is 119 Å². The number of carbonyl (C=O) groups is 2. The molecule has 0 bridgehead atoms. The van der Waals surface area contributed by atoms with E-state index in [-0.39, 0.29) is 11.4 Å². The minimum absolute atomic E-state index is 0.190. The number of benzene rings is 5. The topological polar surface area (TPSA) is 58.2 Å². The van der Waals surface area contributed by atoms with Gasteiger partial charge in [-0.3, -0.25) is 9.59 Å². The standard InChI is InChI=1S/C28H16F4N2O2/c29-23-21(27(35)33-19-13-5-9-15-7-1-3-11-17(15)19)24(30)26(32)22(25(23)31)28(36)34-20-14-6-10-16-8-2-4-12-18(16)20/h1-14H,(H,33,35)(H,34,36). The number of carbonyl (C=O) groups excluding carboxylic acids is 2. The van der Waals surface area contributed by atoms with E-state index in [2.05, 4.69) is 10.6 Å². The van der Waals surface area contributed by atoms with E-state index >= 15 is 0 Å². The predicted molar refractivity (Wildman–Crippen MR) is 130 cm³/mol. The Labute approximate surface area is 202 Å². The van der Waals surface area contributed by atoms with E-state index < -0.39 is 46.2 Å². The third-order valence-electron chi connectivity index (χ3n) is 5.79. The molecule has 0 aliphatic rings. The molecule has 0 unspecified atom stereocenters. The van der Waals surface area contributed by atoms with Crippen LogP contribution in [0.5, 0.6) is 0 Å². The monoisotopic (exact) mass is 488 g/mol. The molecule has 0 saturated heterocycles. The largest absolute Gasteiger partial charge is 0.321 e. The summed E-state index contributed by atoms with van der Waals surface area (Å²) in [5.41, 5.74) is -2.56. The molecular weight excluding hydrogens is 472 g/mol. The van der Waals surface area contributed by atoms with Gasteiger partial charge in [-0.05, 0) is 22.9 Å². The van der Waals surface area contributed by atoms with Crippen LogP contribution in [0.4, 0.5) is 28.9 Å². The quantitative estimate of drug-likeness (QED) is 0.210. The number of hydrogen-bond acceptors (Lipinski definition) is 2. The lowest BCUT2D eigenvalue weighted by molar-refractivity contribution is 0.0993. The molecule has 0 heterocycles. The summed E-state index contributed by atoms with van der Waals surface area (Å²) in [6.07, 6.45) is 0. The van der Waals surface area contributed by atoms with E-state index in [1.165, 1.54) is 12.1 Å². The molecule has 5 aromatic carbocycles. The molecule has 5 rings (SSSR count). The Hall–Kier alpha value is -4.72. The molecule has 0 aromatic heterocycles. The van der Waals surface area contributed by atoms with Gasteiger partial charge >= 0.3 is 0 Å². The van der Waals surface area contributed by atoms with E-state index in [1.54, 1.807) is 72.8 Å². The zero-order valence-corrected chi connectivity index (χ0v) is 18.4. The summed E-state index contributed by atoms with van der Waals surface area (Å²) in [5.74, 6) is -10.7. The fourth-order valence-electron chi connectivity index (χ4n) is 4.07. The minimum atomic E-state index is -1.98. The maximum Gasteiger partial charge on any atom is 0.261 e. The van der Waals surface area contributed by atoms with Crippen molar-refractivity contribution in [2.75, 3.05) is 10.6 Å². The predicted octanol–water partition coefficient (Wildman–Crippen LogP) is 7.05. The van der Waals surface area contributed by atoms with Gasteiger partial charge in [-0.15, -0.1) is 0 Å². The third kappa shape index (κ3) is 3.92. The molecule has 2 N–H and O–H groups in total. The Morgan fingerprint density at radius 2 is 0.806 bits per heavy atom. The number of fused-ring (bicyclic) bond motifs is 2. The highest BCUT2D eigenvalue weighted by Crippen LogP contribution is 2.29. The molecule has 0 atom stereocenters. The van der Waals surface area contributed by atoms with Crippen LogP contribution in [-0.4, -0.2) is 11.8 Å². The van der Waals surface area contributed by atoms with Crippen LogP contribution in [0.15, 0.2) is 84.9 Å². The molecule has 0 aliphatic carbocycles. The van der Waals surface area contributed by atoms with Crippen molar-refractivity contribution in [1.29, 1.82) is 0 Å². The molecule has 5 aromatic rings. The number of nitrogens with one attached hydrogen (secondary N) is 2. The number of anilines is 2. The van der Waals surface area contributed by atoms with Gasteiger partial charge in [-0.1, -0.05) is 72.8 Å². The smallest absolute Gasteiger partial charge is 0.261 e. The second-order valence-corrected chi connectivity index (χ2v) is 7.97. The fourth-order valence-corrected chi connectivity index (χ4v) is 4.07. The SMILES string of the molecule is O=C(Nc1cccc2ccccc12)c1c(F)c(F)c(C(=O)Nc2cccc3ccccc23)c(F)c1F. The Morgan fingerprint density at radius 3 is 1.19 bits per heavy atom. The first kappa shape index (κ1) is 23.0. The summed E-state index contributed by atoms with van der Waals surface area (Å²) in [6, 6.07) is 23.5. The van der Waals surface area contributed by atoms with E-state index in [9.17, 15) is 27.2 Å². The average molecular weight is 488 g/mol. The van der Waals surface area contributed by atoms with Crippen LogP contribution in [0.1, 0.15) is 20.7 Å². The molecule has 2 amide bonds. The second-order valence-electron chi connectivity index (χ2n) is 7.97. The number of amides is 2. The molecule has 8 heteroatoms. The number of hydrogen-bond donors (Lipinski definition) is 2. The van der Waals surface area contributed by atoms with Crippen LogP contribution in [0.2, 0.25) is 0 Å². The molecule has 0 fully saturated rings. The maximum absolute atomic E-state index is 14.9. The summed E-state index contributed by atoms with van der Waals surface area (Å²) in [5, 5.41) is 7.16. The Balaban J connectivity index is 1.51. The summed E-state index contributed by atoms with van der Waals surface area (Å²) in [4.78, 5) is 25.4. The summed E-state index contributed by atoms with van der Waals surface area (Å²) < 4.78 is 59.6. The molecular formula is C28H16F4N2O2. The van der Waals surface area contributed by atoms with Crippen LogP contribution in [0, 0.1) is 23.3 Å². The van der Waals surface area contributed by atoms with Crippen LogP contribution >= 0.6 is 0 Å². The molecule has 0 saturated carbocycles. The van der Waals surface area contributed by atoms with Gasteiger partial charge in [0.25, 0.3) is 11.8 Å². The lowest BCUT2D eigenvalue weighted by atomic mass is 10.0. The van der Waals surface area contributed by atoms with Crippen LogP contribution < -0.4 is 10.6 Å². The van der Waals surface area contributed by atoms with Crippen LogP contribution in [-0.2, 0) is 0 Å². The van der Waals surface area contributed by atoms with Crippen molar-refractivity contribution in [2.24, 2.45) is 0 Å². The van der Waals surface area contributed by atoms with E-state index in [4.69, 9.17) is 0 Å². The molecule has 0 radical (unpaired) electrons. The highest BCUT2D eigenvalue weighted by molar-refractivity contribution is 6.12. The zero-order valence-electron chi connectivity index (χ0n) is 18.4. The first-order valence-corrected chi connectivity index (χ1v) is 10.8. The summed E-state index contributed by atoms with van der Waals surface area (Å²) >= 11 is 0. The summed E-state index contributed by atoms with van der Waals surface area (Å²) in [6.45, 7) is 0. The average Bonchev–Trinajstić information content (AvgIpc) is 2.88. The minimum Gasteiger partial charge on any atom is -0.321 e. The summed E-state index contributed by atoms with van der Waals surface area (Å²) in [7, 11) is 0. The molecule has 36 heavy (non-hydrogen) atoms. The van der Waals surface area contributed by atoms with Gasteiger partial charge in [0.2, 0.25) is 0 Å². The van der Waals surface area contributed by atoms with Crippen molar-refractivity contribution < 1.29 is 27.2 Å². The molecule has 0 spiro atoms. The van der Waals surface area contributed by atoms with E-state index in [0.717, 1.165) is 10.8 Å². The van der Waals surface area contributed by atoms with Gasteiger partial charge in [0.05, 0.1) is 0 Å². The number of rotatable bonds is 4. The highest BCUT2D eigenvalue weighted by Gasteiger charge is 2.32. The Morgan fingerprint density at radius 1 is 0.472 bits per heavy atom. The van der Waals surface area contributed by atoms with Gasteiger partial charge in [-0.25, -0.2) is 17.6 Å². The Kier molecular flexibility index (Phi) is 5.85. The van der Waals surface area contributed by atoms with Crippen LogP contribution in [0.25, 0.3) is 21.5 Å². The van der Waals surface area contributed by atoms with Crippen LogP contribution in [0.3, 0.4) is 0 Å².